The van der Waals surface area contributed by atoms with E-state index >= 15 is 0 Å². The Bertz CT molecular complexity index is 593. The molecule has 1 aliphatic heterocycles. The van der Waals surface area contributed by atoms with E-state index < -0.39 is 0 Å². The van der Waals surface area contributed by atoms with Crippen molar-refractivity contribution in [1.29, 1.82) is 5.26 Å². The van der Waals surface area contributed by atoms with Crippen LogP contribution in [0.15, 0.2) is 18.5 Å². The maximum absolute atomic E-state index is 8.98. The summed E-state index contributed by atoms with van der Waals surface area (Å²) in [6.45, 7) is 1.55. The smallest absolute Gasteiger partial charge is 0.159 e. The van der Waals surface area contributed by atoms with Gasteiger partial charge >= 0.3 is 0 Å². The van der Waals surface area contributed by atoms with Gasteiger partial charge in [0.15, 0.2) is 5.65 Å². The minimum atomic E-state index is 0.368. The highest BCUT2D eigenvalue weighted by molar-refractivity contribution is 5.52. The molecule has 0 saturated carbocycles. The van der Waals surface area contributed by atoms with Gasteiger partial charge in [-0.05, 0) is 18.9 Å². The maximum Gasteiger partial charge on any atom is 0.159 e. The monoisotopic (exact) mass is 242 g/mol. The van der Waals surface area contributed by atoms with Crippen LogP contribution in [-0.4, -0.2) is 27.8 Å². The van der Waals surface area contributed by atoms with E-state index in [1.165, 1.54) is 0 Å². The van der Waals surface area contributed by atoms with E-state index in [2.05, 4.69) is 16.2 Å². The average molecular weight is 242 g/mol. The molecule has 0 radical (unpaired) electrons. The predicted molar refractivity (Wildman–Crippen MR) is 65.1 cm³/mol. The van der Waals surface area contributed by atoms with Crippen molar-refractivity contribution in [2.24, 2.45) is 0 Å². The molecule has 1 fully saturated rings. The molecule has 3 heterocycles. The van der Waals surface area contributed by atoms with Gasteiger partial charge in [0.2, 0.25) is 0 Å². The van der Waals surface area contributed by atoms with Gasteiger partial charge in [-0.1, -0.05) is 0 Å². The van der Waals surface area contributed by atoms with E-state index in [0.717, 1.165) is 43.0 Å². The van der Waals surface area contributed by atoms with Crippen LogP contribution in [0.3, 0.4) is 0 Å². The number of aromatic nitrogens is 3. The SMILES string of the molecule is N#CCc1c(C2CCOCC2)nn2cccnc12. The van der Waals surface area contributed by atoms with Crippen LogP contribution in [0.25, 0.3) is 5.65 Å². The zero-order valence-corrected chi connectivity index (χ0v) is 10.0. The Morgan fingerprint density at radius 1 is 1.44 bits per heavy atom. The summed E-state index contributed by atoms with van der Waals surface area (Å²) >= 11 is 0. The topological polar surface area (TPSA) is 63.2 Å². The van der Waals surface area contributed by atoms with Gasteiger partial charge in [0.1, 0.15) is 0 Å². The van der Waals surface area contributed by atoms with Gasteiger partial charge < -0.3 is 4.74 Å². The lowest BCUT2D eigenvalue weighted by Gasteiger charge is -2.20. The lowest BCUT2D eigenvalue weighted by molar-refractivity contribution is 0.0843. The summed E-state index contributed by atoms with van der Waals surface area (Å²) in [6.07, 6.45) is 5.94. The van der Waals surface area contributed by atoms with Crippen molar-refractivity contribution >= 4 is 5.65 Å². The summed E-state index contributed by atoms with van der Waals surface area (Å²) in [7, 11) is 0. The summed E-state index contributed by atoms with van der Waals surface area (Å²) < 4.78 is 7.16. The molecule has 0 atom stereocenters. The third-order valence-electron chi connectivity index (χ3n) is 3.39. The molecule has 0 aromatic carbocycles. The summed E-state index contributed by atoms with van der Waals surface area (Å²) in [4.78, 5) is 4.33. The van der Waals surface area contributed by atoms with E-state index in [9.17, 15) is 0 Å². The van der Waals surface area contributed by atoms with Crippen LogP contribution in [0.1, 0.15) is 30.0 Å². The minimum Gasteiger partial charge on any atom is -0.381 e. The van der Waals surface area contributed by atoms with Crippen LogP contribution >= 0.6 is 0 Å². The minimum absolute atomic E-state index is 0.368. The van der Waals surface area contributed by atoms with Crippen molar-refractivity contribution in [2.75, 3.05) is 13.2 Å². The van der Waals surface area contributed by atoms with Gasteiger partial charge in [-0.3, -0.25) is 0 Å². The summed E-state index contributed by atoms with van der Waals surface area (Å²) in [6, 6.07) is 4.07. The molecular weight excluding hydrogens is 228 g/mol. The normalized spacial score (nSPS) is 16.8. The van der Waals surface area contributed by atoms with E-state index in [-0.39, 0.29) is 0 Å². The third-order valence-corrected chi connectivity index (χ3v) is 3.39. The first kappa shape index (κ1) is 11.2. The standard InChI is InChI=1S/C13H14N4O/c14-5-2-11-12(10-3-8-18-9-4-10)16-17-7-1-6-15-13(11)17/h1,6-7,10H,2-4,8-9H2. The molecule has 0 amide bonds. The Morgan fingerprint density at radius 2 is 2.28 bits per heavy atom. The highest BCUT2D eigenvalue weighted by Crippen LogP contribution is 2.30. The van der Waals surface area contributed by atoms with Gasteiger partial charge in [0.25, 0.3) is 0 Å². The number of nitriles is 1. The molecule has 3 rings (SSSR count). The first-order valence-corrected chi connectivity index (χ1v) is 6.17. The molecule has 0 aliphatic carbocycles. The van der Waals surface area contributed by atoms with Gasteiger partial charge in [-0.15, -0.1) is 0 Å². The highest BCUT2D eigenvalue weighted by atomic mass is 16.5. The van der Waals surface area contributed by atoms with Gasteiger partial charge in [0.05, 0.1) is 18.2 Å². The summed E-state index contributed by atoms with van der Waals surface area (Å²) in [5.74, 6) is 0.392. The van der Waals surface area contributed by atoms with Crippen LogP contribution in [0, 0.1) is 11.3 Å². The summed E-state index contributed by atoms with van der Waals surface area (Å²) in [5.41, 5.74) is 2.81. The highest BCUT2D eigenvalue weighted by Gasteiger charge is 2.23. The fourth-order valence-corrected chi connectivity index (χ4v) is 2.50. The zero-order chi connectivity index (χ0) is 12.4. The van der Waals surface area contributed by atoms with E-state index in [1.54, 1.807) is 10.7 Å². The van der Waals surface area contributed by atoms with E-state index in [0.29, 0.717) is 12.3 Å². The first-order valence-electron chi connectivity index (χ1n) is 6.17. The number of hydrogen-bond donors (Lipinski definition) is 0. The lowest BCUT2D eigenvalue weighted by atomic mass is 9.93. The molecule has 2 aromatic rings. The molecule has 5 heteroatoms. The lowest BCUT2D eigenvalue weighted by Crippen LogP contribution is -2.15. The first-order chi connectivity index (χ1) is 8.90. The van der Waals surface area contributed by atoms with Crippen LogP contribution in [0.5, 0.6) is 0 Å². The van der Waals surface area contributed by atoms with Crippen molar-refractivity contribution in [3.63, 3.8) is 0 Å². The predicted octanol–water partition coefficient (Wildman–Crippen LogP) is 1.69. The van der Waals surface area contributed by atoms with Crippen molar-refractivity contribution < 1.29 is 4.74 Å². The molecule has 92 valence electrons. The van der Waals surface area contributed by atoms with Crippen LogP contribution in [0.2, 0.25) is 0 Å². The molecule has 18 heavy (non-hydrogen) atoms. The number of fused-ring (bicyclic) bond motifs is 1. The Kier molecular flexibility index (Phi) is 2.95. The Hall–Kier alpha value is -1.93. The Balaban J connectivity index is 2.09. The molecule has 1 saturated heterocycles. The van der Waals surface area contributed by atoms with Gasteiger partial charge in [-0.2, -0.15) is 10.4 Å². The van der Waals surface area contributed by atoms with Gasteiger partial charge in [-0.25, -0.2) is 9.50 Å². The maximum atomic E-state index is 8.98. The molecule has 0 spiro atoms. The average Bonchev–Trinajstić information content (AvgIpc) is 2.80. The van der Waals surface area contributed by atoms with E-state index in [1.807, 2.05) is 12.3 Å². The molecule has 0 bridgehead atoms. The van der Waals surface area contributed by atoms with Crippen LogP contribution < -0.4 is 0 Å². The van der Waals surface area contributed by atoms with Crippen molar-refractivity contribution in [2.45, 2.75) is 25.2 Å². The molecule has 2 aromatic heterocycles. The number of nitrogens with zero attached hydrogens (tertiary/aromatic N) is 4. The van der Waals surface area contributed by atoms with Crippen molar-refractivity contribution in [3.8, 4) is 6.07 Å². The zero-order valence-electron chi connectivity index (χ0n) is 10.0. The van der Waals surface area contributed by atoms with Crippen LogP contribution in [0.4, 0.5) is 0 Å². The molecular formula is C13H14N4O. The Morgan fingerprint density at radius 3 is 3.06 bits per heavy atom. The van der Waals surface area contributed by atoms with Crippen LogP contribution in [-0.2, 0) is 11.2 Å². The largest absolute Gasteiger partial charge is 0.381 e. The van der Waals surface area contributed by atoms with E-state index in [4.69, 9.17) is 10.00 Å². The Labute approximate surface area is 105 Å². The quantitative estimate of drug-likeness (QED) is 0.804. The number of ether oxygens (including phenoxy) is 1. The number of rotatable bonds is 2. The molecule has 0 N–H and O–H groups in total. The second-order valence-electron chi connectivity index (χ2n) is 4.47. The second-order valence-corrected chi connectivity index (χ2v) is 4.47. The fraction of sp³-hybridized carbons (Fsp3) is 0.462. The molecule has 1 aliphatic rings. The second kappa shape index (κ2) is 4.75. The van der Waals surface area contributed by atoms with Crippen molar-refractivity contribution in [1.82, 2.24) is 14.6 Å². The van der Waals surface area contributed by atoms with Gasteiger partial charge in [0, 0.05) is 37.1 Å². The fourth-order valence-electron chi connectivity index (χ4n) is 2.50. The number of hydrogen-bond acceptors (Lipinski definition) is 4. The third kappa shape index (κ3) is 1.85. The van der Waals surface area contributed by atoms with Crippen molar-refractivity contribution in [3.05, 3.63) is 29.7 Å². The molecule has 5 nitrogen and oxygen atoms in total. The molecule has 0 unspecified atom stereocenters. The summed E-state index contributed by atoms with van der Waals surface area (Å²) in [5, 5.41) is 13.6.